The van der Waals surface area contributed by atoms with Crippen molar-refractivity contribution in [1.29, 1.82) is 0 Å². The van der Waals surface area contributed by atoms with E-state index >= 15 is 0 Å². The van der Waals surface area contributed by atoms with Gasteiger partial charge in [-0.25, -0.2) is 0 Å². The van der Waals surface area contributed by atoms with Crippen LogP contribution in [0.2, 0.25) is 0 Å². The van der Waals surface area contributed by atoms with Gasteiger partial charge in [0.25, 0.3) is 0 Å². The second kappa shape index (κ2) is 4.82. The number of hydrogen-bond acceptors (Lipinski definition) is 2. The summed E-state index contributed by atoms with van der Waals surface area (Å²) in [5.41, 5.74) is 0.780. The Balaban J connectivity index is 2.65. The number of aromatic nitrogens is 1. The van der Waals surface area contributed by atoms with Crippen LogP contribution in [0.3, 0.4) is 0 Å². The van der Waals surface area contributed by atoms with Crippen LogP contribution in [0, 0.1) is 5.92 Å². The lowest BCUT2D eigenvalue weighted by molar-refractivity contribution is 0.0917. The molecule has 0 amide bonds. The van der Waals surface area contributed by atoms with Crippen LogP contribution >= 0.6 is 0 Å². The minimum Gasteiger partial charge on any atom is -0.367 e. The molecule has 0 fully saturated rings. The second-order valence-electron chi connectivity index (χ2n) is 3.13. The van der Waals surface area contributed by atoms with Crippen LogP contribution in [0.25, 0.3) is 0 Å². The molecule has 0 bridgehead atoms. The molecular weight excluding hydrogens is 164 g/mol. The van der Waals surface area contributed by atoms with E-state index in [1.54, 1.807) is 12.4 Å². The van der Waals surface area contributed by atoms with Crippen molar-refractivity contribution < 1.29 is 4.79 Å². The van der Waals surface area contributed by atoms with Crippen LogP contribution in [0.15, 0.2) is 18.5 Å². The maximum Gasteiger partial charge on any atom is 0.168 e. The van der Waals surface area contributed by atoms with Crippen LogP contribution < -0.4 is 5.32 Å². The zero-order valence-corrected chi connectivity index (χ0v) is 8.13. The van der Waals surface area contributed by atoms with Crippen molar-refractivity contribution in [1.82, 2.24) is 10.3 Å². The lowest BCUT2D eigenvalue weighted by Gasteiger charge is -2.11. The molecule has 1 rings (SSSR count). The first-order valence-corrected chi connectivity index (χ1v) is 4.61. The fraction of sp³-hybridized carbons (Fsp3) is 0.500. The molecule has 0 radical (unpaired) electrons. The molecule has 1 aromatic heterocycles. The molecule has 0 aliphatic heterocycles. The average molecular weight is 180 g/mol. The van der Waals surface area contributed by atoms with E-state index in [4.69, 9.17) is 0 Å². The van der Waals surface area contributed by atoms with Crippen LogP contribution in [0.5, 0.6) is 0 Å². The number of carbonyl (C=O) groups excluding carboxylic acids is 1. The quantitative estimate of drug-likeness (QED) is 0.673. The zero-order chi connectivity index (χ0) is 9.68. The normalized spacial score (nSPS) is 12.8. The molecule has 3 heteroatoms. The maximum atomic E-state index is 11.8. The minimum atomic E-state index is 0.0980. The van der Waals surface area contributed by atoms with E-state index in [9.17, 15) is 4.79 Å². The second-order valence-corrected chi connectivity index (χ2v) is 3.13. The van der Waals surface area contributed by atoms with Gasteiger partial charge in [-0.05, 0) is 19.5 Å². The summed E-state index contributed by atoms with van der Waals surface area (Å²) in [6.45, 7) is 2.78. The van der Waals surface area contributed by atoms with E-state index in [1.807, 2.05) is 20.0 Å². The van der Waals surface area contributed by atoms with E-state index in [0.717, 1.165) is 18.5 Å². The number of H-pyrrole nitrogens is 1. The van der Waals surface area contributed by atoms with Gasteiger partial charge in [0.2, 0.25) is 0 Å². The van der Waals surface area contributed by atoms with Crippen molar-refractivity contribution >= 4 is 5.78 Å². The number of ketones is 1. The Hall–Kier alpha value is -1.09. The summed E-state index contributed by atoms with van der Waals surface area (Å²) >= 11 is 0. The number of hydrogen-bond donors (Lipinski definition) is 2. The fourth-order valence-corrected chi connectivity index (χ4v) is 1.38. The van der Waals surface area contributed by atoms with Gasteiger partial charge in [0.05, 0.1) is 0 Å². The van der Waals surface area contributed by atoms with Crippen LogP contribution in [-0.2, 0) is 0 Å². The van der Waals surface area contributed by atoms with Gasteiger partial charge in [0.1, 0.15) is 0 Å². The molecule has 13 heavy (non-hydrogen) atoms. The van der Waals surface area contributed by atoms with E-state index in [-0.39, 0.29) is 11.7 Å². The van der Waals surface area contributed by atoms with Gasteiger partial charge in [0.15, 0.2) is 5.78 Å². The molecule has 0 saturated heterocycles. The van der Waals surface area contributed by atoms with Crippen molar-refractivity contribution in [2.45, 2.75) is 13.3 Å². The molecule has 2 N–H and O–H groups in total. The molecule has 1 heterocycles. The number of rotatable bonds is 5. The molecule has 1 aromatic rings. The van der Waals surface area contributed by atoms with Crippen molar-refractivity contribution in [2.75, 3.05) is 13.6 Å². The predicted octanol–water partition coefficient (Wildman–Crippen LogP) is 1.44. The van der Waals surface area contributed by atoms with E-state index in [0.29, 0.717) is 0 Å². The summed E-state index contributed by atoms with van der Waals surface area (Å²) in [4.78, 5) is 14.7. The molecule has 0 spiro atoms. The van der Waals surface area contributed by atoms with Crippen LogP contribution in [0.4, 0.5) is 0 Å². The number of aromatic amines is 1. The fourth-order valence-electron chi connectivity index (χ4n) is 1.38. The third-order valence-corrected chi connectivity index (χ3v) is 2.20. The third kappa shape index (κ3) is 2.42. The van der Waals surface area contributed by atoms with E-state index in [2.05, 4.69) is 10.3 Å². The SMILES string of the molecule is CCC(CNC)C(=O)c1cc[nH]c1. The third-order valence-electron chi connectivity index (χ3n) is 2.20. The Kier molecular flexibility index (Phi) is 3.71. The molecule has 0 aliphatic rings. The predicted molar refractivity (Wildman–Crippen MR) is 52.8 cm³/mol. The molecule has 0 aromatic carbocycles. The van der Waals surface area contributed by atoms with Gasteiger partial charge in [0, 0.05) is 30.4 Å². The lowest BCUT2D eigenvalue weighted by Crippen LogP contribution is -2.25. The smallest absolute Gasteiger partial charge is 0.168 e. The first kappa shape index (κ1) is 9.99. The largest absolute Gasteiger partial charge is 0.367 e. The number of nitrogens with one attached hydrogen (secondary N) is 2. The zero-order valence-electron chi connectivity index (χ0n) is 8.13. The van der Waals surface area contributed by atoms with Gasteiger partial charge in [-0.3, -0.25) is 4.79 Å². The Morgan fingerprint density at radius 2 is 2.46 bits per heavy atom. The Labute approximate surface area is 78.5 Å². The van der Waals surface area contributed by atoms with Crippen molar-refractivity contribution in [2.24, 2.45) is 5.92 Å². The van der Waals surface area contributed by atoms with Crippen molar-refractivity contribution in [3.05, 3.63) is 24.0 Å². The monoisotopic (exact) mass is 180 g/mol. The first-order chi connectivity index (χ1) is 6.29. The van der Waals surface area contributed by atoms with Gasteiger partial charge in [-0.15, -0.1) is 0 Å². The molecule has 1 unspecified atom stereocenters. The molecule has 0 aliphatic carbocycles. The summed E-state index contributed by atoms with van der Waals surface area (Å²) in [5.74, 6) is 0.318. The number of Topliss-reactive ketones (excluding diaryl/α,β-unsaturated/α-hetero) is 1. The first-order valence-electron chi connectivity index (χ1n) is 4.61. The van der Waals surface area contributed by atoms with Gasteiger partial charge in [-0.1, -0.05) is 6.92 Å². The van der Waals surface area contributed by atoms with Gasteiger partial charge < -0.3 is 10.3 Å². The van der Waals surface area contributed by atoms with Crippen molar-refractivity contribution in [3.63, 3.8) is 0 Å². The summed E-state index contributed by atoms with van der Waals surface area (Å²) in [5, 5.41) is 3.03. The van der Waals surface area contributed by atoms with Gasteiger partial charge in [-0.2, -0.15) is 0 Å². The standard InChI is InChI=1S/C10H16N2O/c1-3-8(6-11-2)10(13)9-4-5-12-7-9/h4-5,7-8,11-12H,3,6H2,1-2H3. The summed E-state index contributed by atoms with van der Waals surface area (Å²) in [7, 11) is 1.87. The Bertz CT molecular complexity index is 254. The highest BCUT2D eigenvalue weighted by molar-refractivity contribution is 5.97. The van der Waals surface area contributed by atoms with E-state index < -0.39 is 0 Å². The molecule has 0 saturated carbocycles. The van der Waals surface area contributed by atoms with Crippen LogP contribution in [-0.4, -0.2) is 24.4 Å². The lowest BCUT2D eigenvalue weighted by atomic mass is 9.97. The number of carbonyl (C=O) groups is 1. The highest BCUT2D eigenvalue weighted by atomic mass is 16.1. The molecule has 3 nitrogen and oxygen atoms in total. The highest BCUT2D eigenvalue weighted by Gasteiger charge is 2.17. The summed E-state index contributed by atoms with van der Waals surface area (Å²) < 4.78 is 0. The molecule has 1 atom stereocenters. The summed E-state index contributed by atoms with van der Waals surface area (Å²) in [6, 6.07) is 1.82. The van der Waals surface area contributed by atoms with Gasteiger partial charge >= 0.3 is 0 Å². The maximum absolute atomic E-state index is 11.8. The Morgan fingerprint density at radius 1 is 1.69 bits per heavy atom. The van der Waals surface area contributed by atoms with Crippen LogP contribution in [0.1, 0.15) is 23.7 Å². The average Bonchev–Trinajstić information content (AvgIpc) is 2.65. The van der Waals surface area contributed by atoms with Crippen molar-refractivity contribution in [3.8, 4) is 0 Å². The minimum absolute atomic E-state index is 0.0980. The topological polar surface area (TPSA) is 44.9 Å². The highest BCUT2D eigenvalue weighted by Crippen LogP contribution is 2.10. The van der Waals surface area contributed by atoms with E-state index in [1.165, 1.54) is 0 Å². The summed E-state index contributed by atoms with van der Waals surface area (Å²) in [6.07, 6.45) is 4.41. The molecule has 72 valence electrons. The Morgan fingerprint density at radius 3 is 2.92 bits per heavy atom. The molecular formula is C10H16N2O.